The summed E-state index contributed by atoms with van der Waals surface area (Å²) in [6, 6.07) is 17.8. The molecular formula is C15H16INO. The molecule has 0 aliphatic carbocycles. The molecule has 0 heterocycles. The number of benzene rings is 2. The van der Waals surface area contributed by atoms with Crippen LogP contribution in [0.3, 0.4) is 0 Å². The van der Waals surface area contributed by atoms with E-state index in [0.717, 1.165) is 14.8 Å². The molecule has 2 rings (SSSR count). The van der Waals surface area contributed by atoms with Crippen molar-refractivity contribution >= 4 is 28.3 Å². The number of nitrogens with one attached hydrogen (secondary N) is 1. The Balaban J connectivity index is 2.08. The first kappa shape index (κ1) is 13.4. The molecule has 0 aliphatic rings. The average Bonchev–Trinajstić information content (AvgIpc) is 2.39. The number of anilines is 1. The second-order valence-corrected chi connectivity index (χ2v) is 5.64. The van der Waals surface area contributed by atoms with Crippen molar-refractivity contribution in [2.75, 3.05) is 11.9 Å². The maximum Gasteiger partial charge on any atom is 0.104 e. The van der Waals surface area contributed by atoms with Crippen LogP contribution in [-0.2, 0) is 5.60 Å². The summed E-state index contributed by atoms with van der Waals surface area (Å²) in [5.74, 6) is 0. The Bertz CT molecular complexity index is 511. The van der Waals surface area contributed by atoms with Crippen LogP contribution in [-0.4, -0.2) is 11.7 Å². The van der Waals surface area contributed by atoms with E-state index >= 15 is 0 Å². The second-order valence-electron chi connectivity index (χ2n) is 4.47. The summed E-state index contributed by atoms with van der Waals surface area (Å²) in [6.07, 6.45) is 0. The van der Waals surface area contributed by atoms with Gasteiger partial charge in [-0.25, -0.2) is 0 Å². The van der Waals surface area contributed by atoms with Crippen LogP contribution in [0.4, 0.5) is 5.69 Å². The minimum absolute atomic E-state index is 0.483. The lowest BCUT2D eigenvalue weighted by Gasteiger charge is -2.25. The molecule has 0 bridgehead atoms. The molecule has 0 spiro atoms. The maximum atomic E-state index is 10.5. The number of aliphatic hydroxyl groups is 1. The van der Waals surface area contributed by atoms with Crippen molar-refractivity contribution in [1.82, 2.24) is 0 Å². The third-order valence-corrected chi connectivity index (χ3v) is 3.83. The molecule has 94 valence electrons. The third-order valence-electron chi connectivity index (χ3n) is 2.89. The summed E-state index contributed by atoms with van der Waals surface area (Å²) in [4.78, 5) is 0. The summed E-state index contributed by atoms with van der Waals surface area (Å²) >= 11 is 2.28. The van der Waals surface area contributed by atoms with Gasteiger partial charge in [0.1, 0.15) is 5.60 Å². The van der Waals surface area contributed by atoms with Crippen LogP contribution in [0.5, 0.6) is 0 Å². The van der Waals surface area contributed by atoms with Crippen molar-refractivity contribution in [3.63, 3.8) is 0 Å². The predicted molar refractivity (Wildman–Crippen MR) is 83.7 cm³/mol. The lowest BCUT2D eigenvalue weighted by atomic mass is 9.96. The topological polar surface area (TPSA) is 32.3 Å². The molecule has 0 fully saturated rings. The van der Waals surface area contributed by atoms with Gasteiger partial charge in [-0.15, -0.1) is 0 Å². The van der Waals surface area contributed by atoms with Gasteiger partial charge in [-0.1, -0.05) is 42.5 Å². The smallest absolute Gasteiger partial charge is 0.104 e. The monoisotopic (exact) mass is 353 g/mol. The van der Waals surface area contributed by atoms with Crippen molar-refractivity contribution in [1.29, 1.82) is 0 Å². The highest BCUT2D eigenvalue weighted by molar-refractivity contribution is 14.1. The molecule has 0 saturated heterocycles. The van der Waals surface area contributed by atoms with Crippen LogP contribution in [0.2, 0.25) is 0 Å². The molecular weight excluding hydrogens is 337 g/mol. The fraction of sp³-hybridized carbons (Fsp3) is 0.200. The minimum atomic E-state index is -0.875. The van der Waals surface area contributed by atoms with E-state index in [1.165, 1.54) is 0 Å². The van der Waals surface area contributed by atoms with Crippen molar-refractivity contribution in [3.05, 3.63) is 63.7 Å². The number of halogens is 1. The van der Waals surface area contributed by atoms with E-state index in [0.29, 0.717) is 6.54 Å². The first-order chi connectivity index (χ1) is 8.59. The first-order valence-corrected chi connectivity index (χ1v) is 6.94. The number of hydrogen-bond acceptors (Lipinski definition) is 2. The summed E-state index contributed by atoms with van der Waals surface area (Å²) in [7, 11) is 0. The van der Waals surface area contributed by atoms with Crippen LogP contribution < -0.4 is 5.32 Å². The van der Waals surface area contributed by atoms with Crippen molar-refractivity contribution in [2.24, 2.45) is 0 Å². The van der Waals surface area contributed by atoms with Gasteiger partial charge in [0.2, 0.25) is 0 Å². The van der Waals surface area contributed by atoms with E-state index in [1.807, 2.05) is 61.5 Å². The zero-order chi connectivity index (χ0) is 13.0. The van der Waals surface area contributed by atoms with E-state index in [4.69, 9.17) is 0 Å². The Morgan fingerprint density at radius 1 is 1.06 bits per heavy atom. The van der Waals surface area contributed by atoms with E-state index in [1.54, 1.807) is 0 Å². The zero-order valence-electron chi connectivity index (χ0n) is 10.2. The van der Waals surface area contributed by atoms with Gasteiger partial charge in [0.25, 0.3) is 0 Å². The first-order valence-electron chi connectivity index (χ1n) is 5.86. The molecule has 2 aromatic carbocycles. The summed E-state index contributed by atoms with van der Waals surface area (Å²) in [5, 5.41) is 13.8. The summed E-state index contributed by atoms with van der Waals surface area (Å²) in [6.45, 7) is 2.31. The Kier molecular flexibility index (Phi) is 4.24. The zero-order valence-corrected chi connectivity index (χ0v) is 12.4. The lowest BCUT2D eigenvalue weighted by molar-refractivity contribution is 0.0715. The van der Waals surface area contributed by atoms with Crippen LogP contribution in [0.25, 0.3) is 0 Å². The van der Waals surface area contributed by atoms with Crippen LogP contribution in [0.15, 0.2) is 54.6 Å². The summed E-state index contributed by atoms with van der Waals surface area (Å²) < 4.78 is 1.15. The van der Waals surface area contributed by atoms with E-state index in [2.05, 4.69) is 27.9 Å². The quantitative estimate of drug-likeness (QED) is 0.823. The lowest BCUT2D eigenvalue weighted by Crippen LogP contribution is -2.30. The highest BCUT2D eigenvalue weighted by Gasteiger charge is 2.22. The van der Waals surface area contributed by atoms with Crippen molar-refractivity contribution < 1.29 is 5.11 Å². The Morgan fingerprint density at radius 3 is 2.33 bits per heavy atom. The predicted octanol–water partition coefficient (Wildman–Crippen LogP) is 3.61. The van der Waals surface area contributed by atoms with Crippen LogP contribution in [0.1, 0.15) is 12.5 Å². The molecule has 2 aromatic rings. The van der Waals surface area contributed by atoms with Gasteiger partial charge < -0.3 is 10.4 Å². The molecule has 1 unspecified atom stereocenters. The molecule has 0 saturated carbocycles. The number of hydrogen-bond donors (Lipinski definition) is 2. The standard InChI is InChI=1S/C15H16INO/c1-15(18,12-7-3-2-4-8-12)11-17-14-10-6-5-9-13(14)16/h2-10,17-18H,11H2,1H3. The number of para-hydroxylation sites is 1. The van der Waals surface area contributed by atoms with Crippen molar-refractivity contribution in [2.45, 2.75) is 12.5 Å². The highest BCUT2D eigenvalue weighted by Crippen LogP contribution is 2.23. The normalized spacial score (nSPS) is 13.9. The van der Waals surface area contributed by atoms with Gasteiger partial charge in [-0.05, 0) is 47.2 Å². The van der Waals surface area contributed by atoms with Gasteiger partial charge in [0.15, 0.2) is 0 Å². The Morgan fingerprint density at radius 2 is 1.67 bits per heavy atom. The molecule has 0 aromatic heterocycles. The minimum Gasteiger partial charge on any atom is -0.384 e. The molecule has 2 N–H and O–H groups in total. The Labute approximate surface area is 121 Å². The fourth-order valence-electron chi connectivity index (χ4n) is 1.77. The average molecular weight is 353 g/mol. The van der Waals surface area contributed by atoms with Gasteiger partial charge in [-0.2, -0.15) is 0 Å². The molecule has 1 atom stereocenters. The molecule has 2 nitrogen and oxygen atoms in total. The second kappa shape index (κ2) is 5.71. The fourth-order valence-corrected chi connectivity index (χ4v) is 2.35. The largest absolute Gasteiger partial charge is 0.384 e. The van der Waals surface area contributed by atoms with Gasteiger partial charge in [-0.3, -0.25) is 0 Å². The van der Waals surface area contributed by atoms with E-state index in [9.17, 15) is 5.11 Å². The molecule has 18 heavy (non-hydrogen) atoms. The Hall–Kier alpha value is -1.07. The third kappa shape index (κ3) is 3.23. The SMILES string of the molecule is CC(O)(CNc1ccccc1I)c1ccccc1. The molecule has 0 radical (unpaired) electrons. The van der Waals surface area contributed by atoms with Crippen LogP contribution in [0, 0.1) is 3.57 Å². The van der Waals surface area contributed by atoms with Crippen LogP contribution >= 0.6 is 22.6 Å². The molecule has 3 heteroatoms. The van der Waals surface area contributed by atoms with E-state index < -0.39 is 5.60 Å². The molecule has 0 aliphatic heterocycles. The number of rotatable bonds is 4. The highest BCUT2D eigenvalue weighted by atomic mass is 127. The van der Waals surface area contributed by atoms with Crippen molar-refractivity contribution in [3.8, 4) is 0 Å². The molecule has 0 amide bonds. The van der Waals surface area contributed by atoms with E-state index in [-0.39, 0.29) is 0 Å². The van der Waals surface area contributed by atoms with Gasteiger partial charge >= 0.3 is 0 Å². The van der Waals surface area contributed by atoms with Gasteiger partial charge in [0.05, 0.1) is 0 Å². The maximum absolute atomic E-state index is 10.5. The summed E-state index contributed by atoms with van der Waals surface area (Å²) in [5.41, 5.74) is 1.10. The van der Waals surface area contributed by atoms with Gasteiger partial charge in [0, 0.05) is 15.8 Å².